The van der Waals surface area contributed by atoms with Crippen molar-refractivity contribution >= 4 is 11.9 Å². The largest absolute Gasteiger partial charge is 0.490 e. The third-order valence-corrected chi connectivity index (χ3v) is 7.20. The molecule has 0 saturated heterocycles. The van der Waals surface area contributed by atoms with Gasteiger partial charge in [0.15, 0.2) is 0 Å². The highest BCUT2D eigenvalue weighted by molar-refractivity contribution is 5.81. The lowest BCUT2D eigenvalue weighted by atomic mass is 9.78. The molecule has 1 spiro atoms. The van der Waals surface area contributed by atoms with Gasteiger partial charge in [0.05, 0.1) is 0 Å². The number of nitrogens with zero attached hydrogens (tertiary/aromatic N) is 1. The highest BCUT2D eigenvalue weighted by Crippen LogP contribution is 2.47. The third kappa shape index (κ3) is 4.89. The quantitative estimate of drug-likeness (QED) is 0.690. The van der Waals surface area contributed by atoms with E-state index in [2.05, 4.69) is 30.4 Å². The molecule has 6 heteroatoms. The number of hydrogen-bond donors (Lipinski definition) is 2. The zero-order chi connectivity index (χ0) is 22.9. The number of amidine groups is 1. The van der Waals surface area contributed by atoms with Gasteiger partial charge in [-0.3, -0.25) is 4.79 Å². The molecular formula is C26H39N3O3. The maximum Gasteiger partial charge on any atom is 0.283 e. The molecule has 32 heavy (non-hydrogen) atoms. The van der Waals surface area contributed by atoms with Crippen LogP contribution in [-0.2, 0) is 15.1 Å². The average Bonchev–Trinajstić information content (AvgIpc) is 3.12. The van der Waals surface area contributed by atoms with Crippen LogP contribution in [-0.4, -0.2) is 30.7 Å². The van der Waals surface area contributed by atoms with Crippen molar-refractivity contribution in [2.75, 3.05) is 6.61 Å². The molecule has 1 unspecified atom stereocenters. The Kier molecular flexibility index (Phi) is 6.42. The van der Waals surface area contributed by atoms with Gasteiger partial charge in [-0.05, 0) is 56.2 Å². The molecule has 3 aliphatic rings. The van der Waals surface area contributed by atoms with Crippen LogP contribution in [0.15, 0.2) is 23.2 Å². The molecule has 4 rings (SSSR count). The van der Waals surface area contributed by atoms with Crippen LogP contribution >= 0.6 is 0 Å². The second-order valence-corrected chi connectivity index (χ2v) is 11.0. The van der Waals surface area contributed by atoms with Crippen molar-refractivity contribution in [2.45, 2.75) is 103 Å². The van der Waals surface area contributed by atoms with Crippen LogP contribution < -0.4 is 15.8 Å². The fourth-order valence-electron chi connectivity index (χ4n) is 5.23. The van der Waals surface area contributed by atoms with Gasteiger partial charge in [0, 0.05) is 23.4 Å². The minimum absolute atomic E-state index is 0.00951. The number of rotatable bonds is 5. The molecule has 1 aromatic carbocycles. The van der Waals surface area contributed by atoms with Crippen molar-refractivity contribution in [3.05, 3.63) is 29.3 Å². The maximum absolute atomic E-state index is 12.3. The molecule has 6 nitrogen and oxygen atoms in total. The Morgan fingerprint density at radius 3 is 2.69 bits per heavy atom. The highest BCUT2D eigenvalue weighted by Gasteiger charge is 2.46. The first-order chi connectivity index (χ1) is 15.2. The summed E-state index contributed by atoms with van der Waals surface area (Å²) in [7, 11) is 0. The summed E-state index contributed by atoms with van der Waals surface area (Å²) in [5.41, 5.74) is 7.64. The summed E-state index contributed by atoms with van der Waals surface area (Å²) in [5, 5.41) is 3.12. The van der Waals surface area contributed by atoms with Crippen molar-refractivity contribution in [3.63, 3.8) is 0 Å². The monoisotopic (exact) mass is 441 g/mol. The Labute approximate surface area is 192 Å². The Bertz CT molecular complexity index is 870. The number of aliphatic imine (C=N–C) groups is 1. The smallest absolute Gasteiger partial charge is 0.283 e. The van der Waals surface area contributed by atoms with Gasteiger partial charge in [-0.1, -0.05) is 46.1 Å². The van der Waals surface area contributed by atoms with E-state index < -0.39 is 5.54 Å². The fourth-order valence-corrected chi connectivity index (χ4v) is 5.23. The first-order valence-corrected chi connectivity index (χ1v) is 12.3. The average molecular weight is 442 g/mol. The first kappa shape index (κ1) is 22.9. The summed E-state index contributed by atoms with van der Waals surface area (Å²) >= 11 is 0. The zero-order valence-electron chi connectivity index (χ0n) is 20.1. The predicted molar refractivity (Wildman–Crippen MR) is 127 cm³/mol. The van der Waals surface area contributed by atoms with E-state index in [9.17, 15) is 4.79 Å². The van der Waals surface area contributed by atoms with E-state index in [1.807, 2.05) is 20.8 Å². The number of nitrogens with one attached hydrogen (secondary N) is 1. The molecule has 1 fully saturated rings. The molecular weight excluding hydrogens is 402 g/mol. The van der Waals surface area contributed by atoms with Gasteiger partial charge in [0.2, 0.25) is 5.91 Å². The Morgan fingerprint density at radius 1 is 1.28 bits per heavy atom. The Hall–Kier alpha value is -2.24. The first-order valence-electron chi connectivity index (χ1n) is 12.3. The molecule has 0 aromatic heterocycles. The summed E-state index contributed by atoms with van der Waals surface area (Å²) in [6, 6.07) is 7.02. The SMILES string of the molecule is C[C@@H](CC[C@H]1CC2(COC(N)=N2)c2cc(C3CCCCC3)ccc2O1)NC(=O)C(C)(C)C. The van der Waals surface area contributed by atoms with Gasteiger partial charge in [-0.25, -0.2) is 4.99 Å². The summed E-state index contributed by atoms with van der Waals surface area (Å²) in [5.74, 6) is 1.60. The molecule has 2 aliphatic heterocycles. The van der Waals surface area contributed by atoms with E-state index in [1.54, 1.807) is 0 Å². The van der Waals surface area contributed by atoms with Gasteiger partial charge >= 0.3 is 0 Å². The normalized spacial score (nSPS) is 26.6. The molecule has 1 saturated carbocycles. The number of carbonyl (C=O) groups excluding carboxylic acids is 1. The number of fused-ring (bicyclic) bond motifs is 2. The molecule has 0 radical (unpaired) electrons. The molecule has 1 amide bonds. The number of amides is 1. The van der Waals surface area contributed by atoms with Gasteiger partial charge in [-0.2, -0.15) is 0 Å². The predicted octanol–water partition coefficient (Wildman–Crippen LogP) is 4.76. The molecule has 1 aliphatic carbocycles. The Morgan fingerprint density at radius 2 is 2.03 bits per heavy atom. The van der Waals surface area contributed by atoms with Crippen LogP contribution in [0.5, 0.6) is 5.75 Å². The van der Waals surface area contributed by atoms with E-state index in [1.165, 1.54) is 37.7 Å². The van der Waals surface area contributed by atoms with Gasteiger partial charge in [0.1, 0.15) is 24.0 Å². The number of hydrogen-bond acceptors (Lipinski definition) is 5. The van der Waals surface area contributed by atoms with Gasteiger partial charge < -0.3 is 20.5 Å². The third-order valence-electron chi connectivity index (χ3n) is 7.20. The topological polar surface area (TPSA) is 85.9 Å². The number of ether oxygens (including phenoxy) is 2. The second kappa shape index (κ2) is 8.95. The second-order valence-electron chi connectivity index (χ2n) is 11.0. The fraction of sp³-hybridized carbons (Fsp3) is 0.692. The lowest BCUT2D eigenvalue weighted by Crippen LogP contribution is -2.42. The van der Waals surface area contributed by atoms with E-state index in [4.69, 9.17) is 20.2 Å². The summed E-state index contributed by atoms with van der Waals surface area (Å²) in [4.78, 5) is 17.1. The molecule has 176 valence electrons. The number of nitrogens with two attached hydrogens (primary N) is 1. The molecule has 2 heterocycles. The van der Waals surface area contributed by atoms with E-state index in [-0.39, 0.29) is 29.5 Å². The Balaban J connectivity index is 1.49. The van der Waals surface area contributed by atoms with Crippen LogP contribution in [0, 0.1) is 5.41 Å². The molecule has 1 aromatic rings. The molecule has 0 bridgehead atoms. The summed E-state index contributed by atoms with van der Waals surface area (Å²) < 4.78 is 12.1. The molecule has 3 N–H and O–H groups in total. The summed E-state index contributed by atoms with van der Waals surface area (Å²) in [6.45, 7) is 8.33. The lowest BCUT2D eigenvalue weighted by molar-refractivity contribution is -0.129. The van der Waals surface area contributed by atoms with Crippen LogP contribution in [0.2, 0.25) is 0 Å². The molecule has 3 atom stereocenters. The van der Waals surface area contributed by atoms with Gasteiger partial charge in [-0.15, -0.1) is 0 Å². The van der Waals surface area contributed by atoms with Crippen molar-refractivity contribution in [2.24, 2.45) is 16.1 Å². The maximum atomic E-state index is 12.3. The van der Waals surface area contributed by atoms with E-state index in [0.717, 1.165) is 30.6 Å². The highest BCUT2D eigenvalue weighted by atomic mass is 16.5. The standard InChI is InChI=1S/C26H39N3O3/c1-17(28-23(30)25(2,3)4)10-12-20-15-26(16-31-24(27)29-26)21-14-19(11-13-22(21)32-20)18-8-6-5-7-9-18/h11,13-14,17-18,20H,5-10,12,15-16H2,1-4H3,(H2,27,29)(H,28,30)/t17-,20-,26?/m0/s1. The van der Waals surface area contributed by atoms with Crippen molar-refractivity contribution in [1.29, 1.82) is 0 Å². The van der Waals surface area contributed by atoms with E-state index in [0.29, 0.717) is 12.5 Å². The van der Waals surface area contributed by atoms with Crippen LogP contribution in [0.4, 0.5) is 0 Å². The van der Waals surface area contributed by atoms with Crippen molar-refractivity contribution in [1.82, 2.24) is 5.32 Å². The van der Waals surface area contributed by atoms with E-state index >= 15 is 0 Å². The van der Waals surface area contributed by atoms with Crippen LogP contribution in [0.1, 0.15) is 96.1 Å². The van der Waals surface area contributed by atoms with Crippen molar-refractivity contribution < 1.29 is 14.3 Å². The minimum atomic E-state index is -0.467. The lowest BCUT2D eigenvalue weighted by Gasteiger charge is -2.38. The number of benzene rings is 1. The minimum Gasteiger partial charge on any atom is -0.490 e. The zero-order valence-corrected chi connectivity index (χ0v) is 20.1. The van der Waals surface area contributed by atoms with Crippen LogP contribution in [0.25, 0.3) is 0 Å². The van der Waals surface area contributed by atoms with Gasteiger partial charge in [0.25, 0.3) is 6.02 Å². The number of carbonyl (C=O) groups is 1. The summed E-state index contributed by atoms with van der Waals surface area (Å²) in [6.07, 6.45) is 8.92. The van der Waals surface area contributed by atoms with Crippen molar-refractivity contribution in [3.8, 4) is 5.75 Å². The van der Waals surface area contributed by atoms with Crippen LogP contribution in [0.3, 0.4) is 0 Å².